The molecule has 0 saturated heterocycles. The minimum atomic E-state index is -0.303. The highest BCUT2D eigenvalue weighted by Crippen LogP contribution is 2.21. The van der Waals surface area contributed by atoms with E-state index in [4.69, 9.17) is 4.42 Å². The lowest BCUT2D eigenvalue weighted by molar-refractivity contribution is 0.112. The summed E-state index contributed by atoms with van der Waals surface area (Å²) in [6.07, 6.45) is 1.66. The van der Waals surface area contributed by atoms with Gasteiger partial charge in [0.2, 0.25) is 5.43 Å². The van der Waals surface area contributed by atoms with Crippen LogP contribution >= 0.6 is 15.9 Å². The Morgan fingerprint density at radius 3 is 2.86 bits per heavy atom. The standard InChI is InChI=1S/C10H5BrO3/c11-8-3-1-2-7-9(13)6(4-12)5-14-10(7)8/h1-5H. The van der Waals surface area contributed by atoms with Gasteiger partial charge in [-0.1, -0.05) is 6.07 Å². The predicted octanol–water partition coefficient (Wildman–Crippen LogP) is 2.37. The number of para-hydroxylation sites is 1. The van der Waals surface area contributed by atoms with Gasteiger partial charge in [-0.2, -0.15) is 0 Å². The van der Waals surface area contributed by atoms with Gasteiger partial charge in [0, 0.05) is 0 Å². The SMILES string of the molecule is O=Cc1coc2c(Br)cccc2c1=O. The van der Waals surface area contributed by atoms with E-state index in [0.29, 0.717) is 21.7 Å². The van der Waals surface area contributed by atoms with Gasteiger partial charge in [-0.15, -0.1) is 0 Å². The predicted molar refractivity (Wildman–Crippen MR) is 55.6 cm³/mol. The van der Waals surface area contributed by atoms with Crippen molar-refractivity contribution < 1.29 is 9.21 Å². The molecule has 1 aromatic heterocycles. The van der Waals surface area contributed by atoms with Crippen molar-refractivity contribution in [2.24, 2.45) is 0 Å². The Kier molecular flexibility index (Phi) is 2.21. The molecule has 0 radical (unpaired) electrons. The Morgan fingerprint density at radius 2 is 2.14 bits per heavy atom. The van der Waals surface area contributed by atoms with Crippen molar-refractivity contribution in [3.8, 4) is 0 Å². The molecule has 0 saturated carbocycles. The van der Waals surface area contributed by atoms with E-state index in [-0.39, 0.29) is 11.0 Å². The largest absolute Gasteiger partial charge is 0.462 e. The highest BCUT2D eigenvalue weighted by Gasteiger charge is 2.07. The number of halogens is 1. The topological polar surface area (TPSA) is 47.3 Å². The summed E-state index contributed by atoms with van der Waals surface area (Å²) >= 11 is 3.26. The molecular formula is C10H5BrO3. The Bertz CT molecular complexity index is 557. The molecule has 2 rings (SSSR count). The van der Waals surface area contributed by atoms with Crippen LogP contribution < -0.4 is 5.43 Å². The zero-order valence-corrected chi connectivity index (χ0v) is 8.58. The van der Waals surface area contributed by atoms with E-state index in [1.165, 1.54) is 6.26 Å². The maximum atomic E-state index is 11.6. The van der Waals surface area contributed by atoms with Crippen LogP contribution in [0.5, 0.6) is 0 Å². The van der Waals surface area contributed by atoms with Crippen molar-refractivity contribution >= 4 is 33.2 Å². The molecule has 0 bridgehead atoms. The number of hydrogen-bond acceptors (Lipinski definition) is 3. The van der Waals surface area contributed by atoms with Gasteiger partial charge in [-0.25, -0.2) is 0 Å². The summed E-state index contributed by atoms with van der Waals surface area (Å²) in [5.74, 6) is 0. The highest BCUT2D eigenvalue weighted by atomic mass is 79.9. The van der Waals surface area contributed by atoms with Gasteiger partial charge < -0.3 is 4.42 Å². The van der Waals surface area contributed by atoms with Crippen LogP contribution in [0, 0.1) is 0 Å². The smallest absolute Gasteiger partial charge is 0.203 e. The first-order valence-electron chi connectivity index (χ1n) is 3.89. The van der Waals surface area contributed by atoms with E-state index in [1.807, 2.05) is 0 Å². The first kappa shape index (κ1) is 9.15. The lowest BCUT2D eigenvalue weighted by Crippen LogP contribution is -2.07. The van der Waals surface area contributed by atoms with E-state index in [1.54, 1.807) is 18.2 Å². The Labute approximate surface area is 87.5 Å². The van der Waals surface area contributed by atoms with Crippen LogP contribution in [0.25, 0.3) is 11.0 Å². The molecule has 2 aromatic rings. The molecule has 1 heterocycles. The fraction of sp³-hybridized carbons (Fsp3) is 0. The average molecular weight is 253 g/mol. The molecule has 0 atom stereocenters. The van der Waals surface area contributed by atoms with Crippen LogP contribution in [0.4, 0.5) is 0 Å². The van der Waals surface area contributed by atoms with Gasteiger partial charge in [0.15, 0.2) is 11.9 Å². The summed E-state index contributed by atoms with van der Waals surface area (Å²) in [4.78, 5) is 22.1. The molecule has 0 unspecified atom stereocenters. The van der Waals surface area contributed by atoms with Crippen LogP contribution in [-0.2, 0) is 0 Å². The average Bonchev–Trinajstić information content (AvgIpc) is 2.20. The van der Waals surface area contributed by atoms with Crippen LogP contribution in [0.15, 0.2) is 38.1 Å². The summed E-state index contributed by atoms with van der Waals surface area (Å²) < 4.78 is 5.87. The second kappa shape index (κ2) is 3.38. The van der Waals surface area contributed by atoms with Gasteiger partial charge in [-0.05, 0) is 28.1 Å². The fourth-order valence-corrected chi connectivity index (χ4v) is 1.68. The number of hydrogen-bond donors (Lipinski definition) is 0. The molecule has 0 N–H and O–H groups in total. The lowest BCUT2D eigenvalue weighted by atomic mass is 10.2. The van der Waals surface area contributed by atoms with Crippen LogP contribution in [-0.4, -0.2) is 6.29 Å². The van der Waals surface area contributed by atoms with Gasteiger partial charge in [0.25, 0.3) is 0 Å². The number of carbonyl (C=O) groups is 1. The molecule has 1 aromatic carbocycles. The molecule has 0 spiro atoms. The number of aldehydes is 1. The van der Waals surface area contributed by atoms with Gasteiger partial charge >= 0.3 is 0 Å². The third-order valence-corrected chi connectivity index (χ3v) is 2.53. The summed E-state index contributed by atoms with van der Waals surface area (Å²) in [7, 11) is 0. The zero-order chi connectivity index (χ0) is 10.1. The van der Waals surface area contributed by atoms with E-state index in [9.17, 15) is 9.59 Å². The van der Waals surface area contributed by atoms with E-state index < -0.39 is 0 Å². The van der Waals surface area contributed by atoms with Crippen molar-refractivity contribution in [1.82, 2.24) is 0 Å². The normalized spacial score (nSPS) is 10.4. The number of benzene rings is 1. The molecule has 0 amide bonds. The molecule has 0 fully saturated rings. The molecule has 4 heteroatoms. The fourth-order valence-electron chi connectivity index (χ4n) is 1.22. The summed E-state index contributed by atoms with van der Waals surface area (Å²) in [5, 5.41) is 0.406. The van der Waals surface area contributed by atoms with Crippen molar-refractivity contribution in [2.45, 2.75) is 0 Å². The summed E-state index contributed by atoms with van der Waals surface area (Å²) in [6, 6.07) is 5.11. The van der Waals surface area contributed by atoms with Crippen LogP contribution in [0.2, 0.25) is 0 Å². The number of fused-ring (bicyclic) bond motifs is 1. The first-order valence-corrected chi connectivity index (χ1v) is 4.68. The molecule has 0 aliphatic heterocycles. The monoisotopic (exact) mass is 252 g/mol. The minimum absolute atomic E-state index is 0.0376. The second-order valence-electron chi connectivity index (χ2n) is 2.75. The molecule has 3 nitrogen and oxygen atoms in total. The Balaban J connectivity index is 2.98. The molecule has 14 heavy (non-hydrogen) atoms. The minimum Gasteiger partial charge on any atom is -0.462 e. The maximum absolute atomic E-state index is 11.6. The third-order valence-electron chi connectivity index (χ3n) is 1.90. The van der Waals surface area contributed by atoms with Crippen molar-refractivity contribution in [3.63, 3.8) is 0 Å². The summed E-state index contributed by atoms with van der Waals surface area (Å²) in [6.45, 7) is 0. The molecule has 0 aliphatic carbocycles. The number of carbonyl (C=O) groups excluding carboxylic acids is 1. The molecule has 70 valence electrons. The highest BCUT2D eigenvalue weighted by molar-refractivity contribution is 9.10. The van der Waals surface area contributed by atoms with E-state index in [2.05, 4.69) is 15.9 Å². The third kappa shape index (κ3) is 1.28. The van der Waals surface area contributed by atoms with Gasteiger partial charge in [-0.3, -0.25) is 9.59 Å². The van der Waals surface area contributed by atoms with E-state index >= 15 is 0 Å². The van der Waals surface area contributed by atoms with Crippen LogP contribution in [0.1, 0.15) is 10.4 Å². The Hall–Kier alpha value is -1.42. The van der Waals surface area contributed by atoms with E-state index in [0.717, 1.165) is 0 Å². The lowest BCUT2D eigenvalue weighted by Gasteiger charge is -1.98. The first-order chi connectivity index (χ1) is 6.74. The maximum Gasteiger partial charge on any atom is 0.203 e. The Morgan fingerprint density at radius 1 is 1.36 bits per heavy atom. The molecular weight excluding hydrogens is 248 g/mol. The number of rotatable bonds is 1. The zero-order valence-electron chi connectivity index (χ0n) is 6.99. The quantitative estimate of drug-likeness (QED) is 0.733. The van der Waals surface area contributed by atoms with Crippen molar-refractivity contribution in [3.05, 3.63) is 44.7 Å². The van der Waals surface area contributed by atoms with Crippen LogP contribution in [0.3, 0.4) is 0 Å². The molecule has 0 aliphatic rings. The van der Waals surface area contributed by atoms with Gasteiger partial charge in [0.1, 0.15) is 6.26 Å². The van der Waals surface area contributed by atoms with Crippen molar-refractivity contribution in [1.29, 1.82) is 0 Å². The van der Waals surface area contributed by atoms with Crippen molar-refractivity contribution in [2.75, 3.05) is 0 Å². The summed E-state index contributed by atoms with van der Waals surface area (Å²) in [5.41, 5.74) is 0.196. The van der Waals surface area contributed by atoms with Gasteiger partial charge in [0.05, 0.1) is 15.4 Å². The second-order valence-corrected chi connectivity index (χ2v) is 3.61.